The van der Waals surface area contributed by atoms with E-state index in [0.29, 0.717) is 0 Å². The Morgan fingerprint density at radius 3 is 3.00 bits per heavy atom. The van der Waals surface area contributed by atoms with E-state index in [1.54, 1.807) is 11.3 Å². The predicted molar refractivity (Wildman–Crippen MR) is 59.6 cm³/mol. The first-order valence-electron chi connectivity index (χ1n) is 5.24. The molecule has 1 aromatic heterocycles. The second kappa shape index (κ2) is 5.49. The van der Waals surface area contributed by atoms with Crippen LogP contribution in [0.15, 0.2) is 16.8 Å². The number of hydrogen-bond donors (Lipinski definition) is 1. The molecule has 2 heterocycles. The summed E-state index contributed by atoms with van der Waals surface area (Å²) >= 11 is 1.74. The lowest BCUT2D eigenvalue weighted by Gasteiger charge is -2.22. The van der Waals surface area contributed by atoms with E-state index >= 15 is 0 Å². The summed E-state index contributed by atoms with van der Waals surface area (Å²) in [7, 11) is 0. The Kier molecular flexibility index (Phi) is 3.98. The maximum Gasteiger partial charge on any atom is 0.0725 e. The smallest absolute Gasteiger partial charge is 0.0725 e. The maximum absolute atomic E-state index is 5.70. The van der Waals surface area contributed by atoms with Gasteiger partial charge in [-0.05, 0) is 54.2 Å². The third-order valence-electron chi connectivity index (χ3n) is 2.66. The Bertz CT molecular complexity index is 242. The van der Waals surface area contributed by atoms with Gasteiger partial charge in [-0.2, -0.15) is 11.3 Å². The van der Waals surface area contributed by atoms with Crippen molar-refractivity contribution in [2.24, 2.45) is 5.92 Å². The summed E-state index contributed by atoms with van der Waals surface area (Å²) in [5, 5.41) is 7.62. The van der Waals surface area contributed by atoms with E-state index in [0.717, 1.165) is 32.2 Å². The van der Waals surface area contributed by atoms with Gasteiger partial charge < -0.3 is 10.1 Å². The van der Waals surface area contributed by atoms with Crippen molar-refractivity contribution in [1.29, 1.82) is 0 Å². The highest BCUT2D eigenvalue weighted by Gasteiger charge is 2.12. The molecule has 0 spiro atoms. The van der Waals surface area contributed by atoms with Crippen molar-refractivity contribution in [2.45, 2.75) is 19.4 Å². The Morgan fingerprint density at radius 2 is 2.29 bits per heavy atom. The largest absolute Gasteiger partial charge is 0.376 e. The van der Waals surface area contributed by atoms with Crippen molar-refractivity contribution in [3.8, 4) is 0 Å². The molecular formula is C11H17NOS. The summed E-state index contributed by atoms with van der Waals surface area (Å²) in [5.41, 5.74) is 1.31. The molecule has 1 aliphatic rings. The highest BCUT2D eigenvalue weighted by atomic mass is 32.1. The molecule has 1 saturated heterocycles. The van der Waals surface area contributed by atoms with Crippen LogP contribution < -0.4 is 5.32 Å². The molecule has 0 aliphatic carbocycles. The molecule has 2 nitrogen and oxygen atoms in total. The minimum Gasteiger partial charge on any atom is -0.376 e. The second-order valence-corrected chi connectivity index (χ2v) is 4.62. The van der Waals surface area contributed by atoms with Gasteiger partial charge in [0, 0.05) is 6.61 Å². The second-order valence-electron chi connectivity index (χ2n) is 3.84. The van der Waals surface area contributed by atoms with Gasteiger partial charge in [0.05, 0.1) is 6.61 Å². The lowest BCUT2D eigenvalue weighted by molar-refractivity contribution is 0.0765. The number of rotatable bonds is 4. The lowest BCUT2D eigenvalue weighted by atomic mass is 9.99. The molecule has 0 amide bonds. The number of ether oxygens (including phenoxy) is 1. The molecule has 0 saturated carbocycles. The molecule has 0 unspecified atom stereocenters. The molecule has 2 rings (SSSR count). The summed E-state index contributed by atoms with van der Waals surface area (Å²) in [6.07, 6.45) is 2.53. The molecule has 1 aromatic rings. The van der Waals surface area contributed by atoms with Gasteiger partial charge in [0.2, 0.25) is 0 Å². The monoisotopic (exact) mass is 211 g/mol. The SMILES string of the molecule is c1cc(COCC2CCNCC2)cs1. The third kappa shape index (κ3) is 3.08. The summed E-state index contributed by atoms with van der Waals surface area (Å²) in [6, 6.07) is 2.13. The third-order valence-corrected chi connectivity index (χ3v) is 3.39. The zero-order chi connectivity index (χ0) is 9.64. The summed E-state index contributed by atoms with van der Waals surface area (Å²) in [4.78, 5) is 0. The first-order valence-corrected chi connectivity index (χ1v) is 6.19. The highest BCUT2D eigenvalue weighted by Crippen LogP contribution is 2.13. The van der Waals surface area contributed by atoms with Crippen LogP contribution >= 0.6 is 11.3 Å². The predicted octanol–water partition coefficient (Wildman–Crippen LogP) is 2.26. The normalized spacial score (nSPS) is 18.6. The summed E-state index contributed by atoms with van der Waals surface area (Å²) in [5.74, 6) is 0.773. The molecule has 1 aliphatic heterocycles. The van der Waals surface area contributed by atoms with Gasteiger partial charge in [0.25, 0.3) is 0 Å². The van der Waals surface area contributed by atoms with Crippen LogP contribution in [0.25, 0.3) is 0 Å². The molecule has 3 heteroatoms. The molecule has 0 bridgehead atoms. The van der Waals surface area contributed by atoms with Crippen LogP contribution in [0.5, 0.6) is 0 Å². The fourth-order valence-electron chi connectivity index (χ4n) is 1.77. The van der Waals surface area contributed by atoms with Crippen LogP contribution in [0, 0.1) is 5.92 Å². The Morgan fingerprint density at radius 1 is 1.43 bits per heavy atom. The molecule has 14 heavy (non-hydrogen) atoms. The van der Waals surface area contributed by atoms with Gasteiger partial charge in [0.15, 0.2) is 0 Å². The van der Waals surface area contributed by atoms with E-state index in [1.807, 2.05) is 0 Å². The van der Waals surface area contributed by atoms with E-state index < -0.39 is 0 Å². The first-order chi connectivity index (χ1) is 6.95. The topological polar surface area (TPSA) is 21.3 Å². The Labute approximate surface area is 89.3 Å². The number of nitrogens with one attached hydrogen (secondary N) is 1. The van der Waals surface area contributed by atoms with Crippen LogP contribution in [0.3, 0.4) is 0 Å². The fourth-order valence-corrected chi connectivity index (χ4v) is 2.42. The Hall–Kier alpha value is -0.380. The molecule has 0 radical (unpaired) electrons. The van der Waals surface area contributed by atoms with E-state index in [4.69, 9.17) is 4.74 Å². The minimum absolute atomic E-state index is 0.773. The van der Waals surface area contributed by atoms with Crippen LogP contribution in [0.2, 0.25) is 0 Å². The molecule has 0 atom stereocenters. The van der Waals surface area contributed by atoms with E-state index in [-0.39, 0.29) is 0 Å². The lowest BCUT2D eigenvalue weighted by Crippen LogP contribution is -2.29. The van der Waals surface area contributed by atoms with Gasteiger partial charge >= 0.3 is 0 Å². The maximum atomic E-state index is 5.70. The van der Waals surface area contributed by atoms with Gasteiger partial charge in [-0.25, -0.2) is 0 Å². The number of thiophene rings is 1. The van der Waals surface area contributed by atoms with Crippen molar-refractivity contribution >= 4 is 11.3 Å². The molecule has 78 valence electrons. The fraction of sp³-hybridized carbons (Fsp3) is 0.636. The quantitative estimate of drug-likeness (QED) is 0.825. The first kappa shape index (κ1) is 10.1. The zero-order valence-corrected chi connectivity index (χ0v) is 9.19. The van der Waals surface area contributed by atoms with Gasteiger partial charge in [-0.1, -0.05) is 0 Å². The van der Waals surface area contributed by atoms with Crippen LogP contribution in [0.4, 0.5) is 0 Å². The number of hydrogen-bond acceptors (Lipinski definition) is 3. The van der Waals surface area contributed by atoms with Crippen molar-refractivity contribution in [3.05, 3.63) is 22.4 Å². The van der Waals surface area contributed by atoms with E-state index in [2.05, 4.69) is 22.1 Å². The van der Waals surface area contributed by atoms with Gasteiger partial charge in [-0.15, -0.1) is 0 Å². The molecular weight excluding hydrogens is 194 g/mol. The average molecular weight is 211 g/mol. The van der Waals surface area contributed by atoms with Gasteiger partial charge in [0.1, 0.15) is 0 Å². The minimum atomic E-state index is 0.773. The van der Waals surface area contributed by atoms with E-state index in [9.17, 15) is 0 Å². The van der Waals surface area contributed by atoms with Crippen LogP contribution in [-0.4, -0.2) is 19.7 Å². The molecule has 0 aromatic carbocycles. The van der Waals surface area contributed by atoms with Gasteiger partial charge in [-0.3, -0.25) is 0 Å². The Balaban J connectivity index is 1.62. The van der Waals surface area contributed by atoms with Crippen LogP contribution in [0.1, 0.15) is 18.4 Å². The average Bonchev–Trinajstić information content (AvgIpc) is 2.72. The van der Waals surface area contributed by atoms with Crippen molar-refractivity contribution in [3.63, 3.8) is 0 Å². The molecule has 1 fully saturated rings. The highest BCUT2D eigenvalue weighted by molar-refractivity contribution is 7.07. The van der Waals surface area contributed by atoms with E-state index in [1.165, 1.54) is 18.4 Å². The zero-order valence-electron chi connectivity index (χ0n) is 8.37. The standard InChI is InChI=1S/C11H17NOS/c1-4-12-5-2-10(1)7-13-8-11-3-6-14-9-11/h3,6,9-10,12H,1-2,4-5,7-8H2. The summed E-state index contributed by atoms with van der Waals surface area (Å²) < 4.78 is 5.70. The van der Waals surface area contributed by atoms with Crippen molar-refractivity contribution in [2.75, 3.05) is 19.7 Å². The summed E-state index contributed by atoms with van der Waals surface area (Å²) in [6.45, 7) is 4.03. The number of piperidine rings is 1. The van der Waals surface area contributed by atoms with Crippen molar-refractivity contribution < 1.29 is 4.74 Å². The van der Waals surface area contributed by atoms with Crippen LogP contribution in [-0.2, 0) is 11.3 Å². The molecule has 1 N–H and O–H groups in total. The van der Waals surface area contributed by atoms with Crippen molar-refractivity contribution in [1.82, 2.24) is 5.32 Å².